The number of hydrogen-bond acceptors (Lipinski definition) is 3. The van der Waals surface area contributed by atoms with Crippen molar-refractivity contribution in [2.75, 3.05) is 11.9 Å². The molecule has 1 fully saturated rings. The third-order valence-corrected chi connectivity index (χ3v) is 2.87. The monoisotopic (exact) mass is 275 g/mol. The first kappa shape index (κ1) is 14.0. The number of benzene rings is 1. The molecule has 0 heterocycles. The molecular weight excluding hydrogens is 258 g/mol. The van der Waals surface area contributed by atoms with Crippen molar-refractivity contribution in [3.8, 4) is 0 Å². The molecule has 0 aromatic heterocycles. The van der Waals surface area contributed by atoms with Gasteiger partial charge in [0.15, 0.2) is 5.78 Å². The lowest BCUT2D eigenvalue weighted by molar-refractivity contribution is -0.115. The summed E-state index contributed by atoms with van der Waals surface area (Å²) in [5.74, 6) is -0.403. The molecule has 20 heavy (non-hydrogen) atoms. The Labute approximate surface area is 116 Å². The van der Waals surface area contributed by atoms with Crippen LogP contribution in [-0.4, -0.2) is 30.3 Å². The van der Waals surface area contributed by atoms with Crippen LogP contribution in [0.3, 0.4) is 0 Å². The molecule has 1 aromatic rings. The number of anilines is 1. The second-order valence-corrected chi connectivity index (χ2v) is 4.79. The first-order valence-corrected chi connectivity index (χ1v) is 6.50. The van der Waals surface area contributed by atoms with Gasteiger partial charge in [0.1, 0.15) is 0 Å². The van der Waals surface area contributed by atoms with Crippen LogP contribution in [-0.2, 0) is 4.79 Å². The van der Waals surface area contributed by atoms with Crippen LogP contribution in [0, 0.1) is 0 Å². The molecule has 0 radical (unpaired) electrons. The third-order valence-electron chi connectivity index (χ3n) is 2.87. The lowest BCUT2D eigenvalue weighted by atomic mass is 10.1. The Kier molecular flexibility index (Phi) is 4.34. The van der Waals surface area contributed by atoms with E-state index in [9.17, 15) is 14.4 Å². The van der Waals surface area contributed by atoms with Gasteiger partial charge in [-0.05, 0) is 31.9 Å². The Morgan fingerprint density at radius 1 is 1.25 bits per heavy atom. The molecule has 0 spiro atoms. The molecule has 6 nitrogen and oxygen atoms in total. The van der Waals surface area contributed by atoms with Gasteiger partial charge in [0.25, 0.3) is 0 Å². The SMILES string of the molecule is CC(=O)c1cccc(NC(=O)CNC(=O)NC2CC2)c1. The minimum atomic E-state index is -0.336. The van der Waals surface area contributed by atoms with Crippen LogP contribution in [0.5, 0.6) is 0 Å². The number of Topliss-reactive ketones (excluding diaryl/α,β-unsaturated/α-hetero) is 1. The van der Waals surface area contributed by atoms with Crippen LogP contribution in [0.15, 0.2) is 24.3 Å². The molecule has 3 amide bonds. The molecule has 2 rings (SSSR count). The second kappa shape index (κ2) is 6.18. The Morgan fingerprint density at radius 3 is 2.65 bits per heavy atom. The zero-order valence-electron chi connectivity index (χ0n) is 11.2. The quantitative estimate of drug-likeness (QED) is 0.708. The van der Waals surface area contributed by atoms with Gasteiger partial charge in [-0.2, -0.15) is 0 Å². The smallest absolute Gasteiger partial charge is 0.315 e. The van der Waals surface area contributed by atoms with E-state index >= 15 is 0 Å². The second-order valence-electron chi connectivity index (χ2n) is 4.79. The minimum absolute atomic E-state index is 0.0666. The van der Waals surface area contributed by atoms with Crippen molar-refractivity contribution in [3.05, 3.63) is 29.8 Å². The molecule has 0 unspecified atom stereocenters. The van der Waals surface area contributed by atoms with E-state index < -0.39 is 0 Å². The number of rotatable bonds is 5. The number of hydrogen-bond donors (Lipinski definition) is 3. The molecule has 1 aliphatic carbocycles. The highest BCUT2D eigenvalue weighted by Crippen LogP contribution is 2.18. The summed E-state index contributed by atoms with van der Waals surface area (Å²) in [5.41, 5.74) is 1.06. The maximum absolute atomic E-state index is 11.7. The summed E-state index contributed by atoms with van der Waals surface area (Å²) in [7, 11) is 0. The van der Waals surface area contributed by atoms with Crippen LogP contribution in [0.2, 0.25) is 0 Å². The van der Waals surface area contributed by atoms with Crippen LogP contribution in [0.1, 0.15) is 30.1 Å². The highest BCUT2D eigenvalue weighted by atomic mass is 16.2. The van der Waals surface area contributed by atoms with Gasteiger partial charge in [0, 0.05) is 17.3 Å². The van der Waals surface area contributed by atoms with E-state index in [-0.39, 0.29) is 30.3 Å². The van der Waals surface area contributed by atoms with E-state index in [1.807, 2.05) is 0 Å². The maximum atomic E-state index is 11.7. The van der Waals surface area contributed by atoms with Crippen LogP contribution >= 0.6 is 0 Å². The van der Waals surface area contributed by atoms with Gasteiger partial charge in [-0.3, -0.25) is 9.59 Å². The normalized spacial score (nSPS) is 13.4. The number of carbonyl (C=O) groups is 3. The van der Waals surface area contributed by atoms with E-state index in [0.717, 1.165) is 12.8 Å². The van der Waals surface area contributed by atoms with Crippen LogP contribution in [0.4, 0.5) is 10.5 Å². The molecule has 0 atom stereocenters. The van der Waals surface area contributed by atoms with Crippen molar-refractivity contribution >= 4 is 23.4 Å². The maximum Gasteiger partial charge on any atom is 0.315 e. The summed E-state index contributed by atoms with van der Waals surface area (Å²) in [6, 6.07) is 6.59. The largest absolute Gasteiger partial charge is 0.335 e. The van der Waals surface area contributed by atoms with Gasteiger partial charge in [0.2, 0.25) is 5.91 Å². The molecular formula is C14H17N3O3. The van der Waals surface area contributed by atoms with Gasteiger partial charge in [-0.1, -0.05) is 12.1 Å². The zero-order valence-corrected chi connectivity index (χ0v) is 11.2. The molecule has 1 aromatic carbocycles. The molecule has 1 aliphatic rings. The molecule has 0 aliphatic heterocycles. The Bertz CT molecular complexity index is 538. The van der Waals surface area contributed by atoms with Crippen molar-refractivity contribution in [2.24, 2.45) is 0 Å². The zero-order chi connectivity index (χ0) is 14.5. The molecule has 6 heteroatoms. The lowest BCUT2D eigenvalue weighted by Crippen LogP contribution is -2.40. The van der Waals surface area contributed by atoms with Crippen molar-refractivity contribution in [3.63, 3.8) is 0 Å². The predicted octanol–water partition coefficient (Wildman–Crippen LogP) is 1.29. The number of urea groups is 1. The third kappa shape index (κ3) is 4.38. The standard InChI is InChI=1S/C14H17N3O3/c1-9(18)10-3-2-4-12(7-10)16-13(19)8-15-14(20)17-11-5-6-11/h2-4,7,11H,5-6,8H2,1H3,(H,16,19)(H2,15,17,20). The number of carbonyl (C=O) groups excluding carboxylic acids is 3. The number of amides is 3. The van der Waals surface area contributed by atoms with Crippen molar-refractivity contribution < 1.29 is 14.4 Å². The fourth-order valence-electron chi connectivity index (χ4n) is 1.65. The lowest BCUT2D eigenvalue weighted by Gasteiger charge is -2.08. The number of ketones is 1. The van der Waals surface area contributed by atoms with E-state index in [2.05, 4.69) is 16.0 Å². The van der Waals surface area contributed by atoms with Crippen LogP contribution < -0.4 is 16.0 Å². The first-order valence-electron chi connectivity index (χ1n) is 6.50. The molecule has 0 saturated heterocycles. The first-order chi connectivity index (χ1) is 9.54. The predicted molar refractivity (Wildman–Crippen MR) is 74.6 cm³/mol. The van der Waals surface area contributed by atoms with Gasteiger partial charge in [0.05, 0.1) is 6.54 Å². The van der Waals surface area contributed by atoms with Gasteiger partial charge < -0.3 is 16.0 Å². The van der Waals surface area contributed by atoms with E-state index in [4.69, 9.17) is 0 Å². The average molecular weight is 275 g/mol. The summed E-state index contributed by atoms with van der Waals surface area (Å²) in [6.07, 6.45) is 1.99. The molecule has 3 N–H and O–H groups in total. The highest BCUT2D eigenvalue weighted by molar-refractivity contribution is 5.98. The Hall–Kier alpha value is -2.37. The number of nitrogens with one attached hydrogen (secondary N) is 3. The fourth-order valence-corrected chi connectivity index (χ4v) is 1.65. The summed E-state index contributed by atoms with van der Waals surface area (Å²) in [4.78, 5) is 34.2. The topological polar surface area (TPSA) is 87.3 Å². The van der Waals surface area contributed by atoms with Crippen molar-refractivity contribution in [1.29, 1.82) is 0 Å². The molecule has 1 saturated carbocycles. The summed E-state index contributed by atoms with van der Waals surface area (Å²) in [5, 5.41) is 7.83. The van der Waals surface area contributed by atoms with E-state index in [1.165, 1.54) is 6.92 Å². The fraction of sp³-hybridized carbons (Fsp3) is 0.357. The van der Waals surface area contributed by atoms with Crippen molar-refractivity contribution in [2.45, 2.75) is 25.8 Å². The highest BCUT2D eigenvalue weighted by Gasteiger charge is 2.23. The summed E-state index contributed by atoms with van der Waals surface area (Å²) >= 11 is 0. The summed E-state index contributed by atoms with van der Waals surface area (Å²) < 4.78 is 0. The Balaban J connectivity index is 1.79. The minimum Gasteiger partial charge on any atom is -0.335 e. The van der Waals surface area contributed by atoms with Gasteiger partial charge in [-0.15, -0.1) is 0 Å². The molecule has 0 bridgehead atoms. The average Bonchev–Trinajstić information content (AvgIpc) is 3.20. The van der Waals surface area contributed by atoms with E-state index in [0.29, 0.717) is 11.3 Å². The van der Waals surface area contributed by atoms with Gasteiger partial charge >= 0.3 is 6.03 Å². The van der Waals surface area contributed by atoms with Crippen molar-refractivity contribution in [1.82, 2.24) is 10.6 Å². The summed E-state index contributed by atoms with van der Waals surface area (Å²) in [6.45, 7) is 1.35. The van der Waals surface area contributed by atoms with E-state index in [1.54, 1.807) is 24.3 Å². The molecule has 106 valence electrons. The Morgan fingerprint density at radius 2 is 2.00 bits per heavy atom. The van der Waals surface area contributed by atoms with Crippen LogP contribution in [0.25, 0.3) is 0 Å². The van der Waals surface area contributed by atoms with Gasteiger partial charge in [-0.25, -0.2) is 4.79 Å².